The third kappa shape index (κ3) is 3.15. The second kappa shape index (κ2) is 6.07. The van der Waals surface area contributed by atoms with Gasteiger partial charge in [0.15, 0.2) is 0 Å². The summed E-state index contributed by atoms with van der Waals surface area (Å²) in [5.41, 5.74) is 2.04. The Hall–Kier alpha value is -1.26. The van der Waals surface area contributed by atoms with E-state index in [-0.39, 0.29) is 11.9 Å². The van der Waals surface area contributed by atoms with E-state index >= 15 is 0 Å². The third-order valence-corrected chi connectivity index (χ3v) is 3.63. The molecular weight excluding hydrogens is 295 g/mol. The Balaban J connectivity index is 2.23. The molecule has 1 heterocycles. The number of aromatic nitrogens is 1. The first kappa shape index (κ1) is 13.2. The molecule has 1 N–H and O–H groups in total. The number of rotatable bonds is 4. The molecule has 2 nitrogen and oxygen atoms in total. The van der Waals surface area contributed by atoms with Crippen LogP contribution in [-0.2, 0) is 6.42 Å². The number of halogens is 2. The minimum Gasteiger partial charge on any atom is -0.313 e. The zero-order chi connectivity index (χ0) is 13.0. The molecular formula is C14H14BrFN2. The predicted molar refractivity (Wildman–Crippen MR) is 73.8 cm³/mol. The lowest BCUT2D eigenvalue weighted by atomic mass is 10.0. The number of likely N-dealkylation sites (N-methyl/N-ethyl adjacent to an activating group) is 1. The quantitative estimate of drug-likeness (QED) is 0.935. The summed E-state index contributed by atoms with van der Waals surface area (Å²) in [6.07, 6.45) is 3.69. The zero-order valence-electron chi connectivity index (χ0n) is 10.0. The molecule has 1 atom stereocenters. The predicted octanol–water partition coefficient (Wildman–Crippen LogP) is 3.49. The van der Waals surface area contributed by atoms with Gasteiger partial charge in [-0.25, -0.2) is 4.39 Å². The van der Waals surface area contributed by atoms with E-state index in [0.29, 0.717) is 0 Å². The molecule has 0 amide bonds. The molecule has 18 heavy (non-hydrogen) atoms. The fraction of sp³-hybridized carbons (Fsp3) is 0.214. The first-order valence-corrected chi connectivity index (χ1v) is 6.51. The van der Waals surface area contributed by atoms with Crippen LogP contribution in [-0.4, -0.2) is 12.0 Å². The van der Waals surface area contributed by atoms with Crippen LogP contribution in [0.4, 0.5) is 4.39 Å². The van der Waals surface area contributed by atoms with Crippen molar-refractivity contribution in [1.29, 1.82) is 0 Å². The Morgan fingerprint density at radius 2 is 2.11 bits per heavy atom. The maximum absolute atomic E-state index is 13.2. The second-order valence-corrected chi connectivity index (χ2v) is 4.93. The Kier molecular flexibility index (Phi) is 4.44. The molecule has 1 aromatic carbocycles. The van der Waals surface area contributed by atoms with Gasteiger partial charge < -0.3 is 5.32 Å². The maximum atomic E-state index is 13.2. The lowest BCUT2D eigenvalue weighted by Gasteiger charge is -2.17. The molecule has 94 valence electrons. The van der Waals surface area contributed by atoms with Crippen LogP contribution in [0.15, 0.2) is 47.2 Å². The van der Waals surface area contributed by atoms with Crippen LogP contribution in [0.25, 0.3) is 0 Å². The average Bonchev–Trinajstić information content (AvgIpc) is 2.38. The molecule has 2 rings (SSSR count). The lowest BCUT2D eigenvalue weighted by molar-refractivity contribution is 0.571. The van der Waals surface area contributed by atoms with Crippen molar-refractivity contribution in [2.75, 3.05) is 7.05 Å². The van der Waals surface area contributed by atoms with Crippen LogP contribution in [0.1, 0.15) is 17.2 Å². The molecule has 2 aromatic rings. The summed E-state index contributed by atoms with van der Waals surface area (Å²) in [6.45, 7) is 0. The van der Waals surface area contributed by atoms with Gasteiger partial charge in [0.2, 0.25) is 0 Å². The second-order valence-electron chi connectivity index (χ2n) is 4.07. The molecule has 0 spiro atoms. The van der Waals surface area contributed by atoms with Gasteiger partial charge in [0.1, 0.15) is 5.82 Å². The van der Waals surface area contributed by atoms with Crippen molar-refractivity contribution < 1.29 is 4.39 Å². The van der Waals surface area contributed by atoms with Gasteiger partial charge in [-0.1, -0.05) is 34.1 Å². The highest BCUT2D eigenvalue weighted by atomic mass is 79.9. The molecule has 0 saturated heterocycles. The summed E-state index contributed by atoms with van der Waals surface area (Å²) < 4.78 is 14.2. The standard InChI is InChI=1S/C14H14BrFN2/c1-17-14(11-6-12(16)9-18-8-11)7-10-4-2-3-5-13(10)15/h2-6,8-9,14,17H,7H2,1H3. The minimum atomic E-state index is -0.306. The molecule has 1 unspecified atom stereocenters. The number of hydrogen-bond acceptors (Lipinski definition) is 2. The van der Waals surface area contributed by atoms with Crippen molar-refractivity contribution in [3.8, 4) is 0 Å². The Labute approximate surface area is 114 Å². The van der Waals surface area contributed by atoms with E-state index in [2.05, 4.69) is 32.3 Å². The van der Waals surface area contributed by atoms with Crippen LogP contribution in [0.5, 0.6) is 0 Å². The SMILES string of the molecule is CNC(Cc1ccccc1Br)c1cncc(F)c1. The molecule has 4 heteroatoms. The third-order valence-electron chi connectivity index (χ3n) is 2.86. The monoisotopic (exact) mass is 308 g/mol. The number of hydrogen-bond donors (Lipinski definition) is 1. The average molecular weight is 309 g/mol. The summed E-state index contributed by atoms with van der Waals surface area (Å²) in [7, 11) is 1.87. The molecule has 0 aliphatic carbocycles. The molecule has 1 aromatic heterocycles. The van der Waals surface area contributed by atoms with Crippen molar-refractivity contribution in [3.05, 3.63) is 64.1 Å². The highest BCUT2D eigenvalue weighted by molar-refractivity contribution is 9.10. The molecule has 0 aliphatic heterocycles. The summed E-state index contributed by atoms with van der Waals surface area (Å²) in [5, 5.41) is 3.19. The molecule has 0 radical (unpaired) electrons. The van der Waals surface area contributed by atoms with Gasteiger partial charge in [-0.3, -0.25) is 4.98 Å². The van der Waals surface area contributed by atoms with Gasteiger partial charge in [0.25, 0.3) is 0 Å². The Morgan fingerprint density at radius 1 is 1.33 bits per heavy atom. The van der Waals surface area contributed by atoms with Gasteiger partial charge in [-0.15, -0.1) is 0 Å². The van der Waals surface area contributed by atoms with Crippen LogP contribution in [0, 0.1) is 5.82 Å². The smallest absolute Gasteiger partial charge is 0.141 e. The number of benzene rings is 1. The molecule has 0 fully saturated rings. The van der Waals surface area contributed by atoms with Crippen LogP contribution < -0.4 is 5.32 Å². The van der Waals surface area contributed by atoms with Crippen LogP contribution >= 0.6 is 15.9 Å². The van der Waals surface area contributed by atoms with Gasteiger partial charge in [0.05, 0.1) is 6.20 Å². The lowest BCUT2D eigenvalue weighted by Crippen LogP contribution is -2.19. The van der Waals surface area contributed by atoms with Crippen LogP contribution in [0.3, 0.4) is 0 Å². The highest BCUT2D eigenvalue weighted by Gasteiger charge is 2.12. The number of nitrogens with one attached hydrogen (secondary N) is 1. The highest BCUT2D eigenvalue weighted by Crippen LogP contribution is 2.23. The first-order valence-electron chi connectivity index (χ1n) is 5.72. The molecule has 0 bridgehead atoms. The van der Waals surface area contributed by atoms with Gasteiger partial charge in [0, 0.05) is 16.7 Å². The summed E-state index contributed by atoms with van der Waals surface area (Å²) in [5.74, 6) is -0.306. The topological polar surface area (TPSA) is 24.9 Å². The molecule has 0 aliphatic rings. The number of nitrogens with zero attached hydrogens (tertiary/aromatic N) is 1. The largest absolute Gasteiger partial charge is 0.313 e. The fourth-order valence-electron chi connectivity index (χ4n) is 1.89. The summed E-state index contributed by atoms with van der Waals surface area (Å²) in [6, 6.07) is 9.60. The van der Waals surface area contributed by atoms with Gasteiger partial charge in [-0.2, -0.15) is 0 Å². The Morgan fingerprint density at radius 3 is 2.78 bits per heavy atom. The van der Waals surface area contributed by atoms with E-state index in [9.17, 15) is 4.39 Å². The van der Waals surface area contributed by atoms with E-state index in [1.807, 2.05) is 25.2 Å². The zero-order valence-corrected chi connectivity index (χ0v) is 11.6. The van der Waals surface area contributed by atoms with E-state index in [0.717, 1.165) is 16.5 Å². The van der Waals surface area contributed by atoms with E-state index in [4.69, 9.17) is 0 Å². The van der Waals surface area contributed by atoms with Crippen molar-refractivity contribution in [2.45, 2.75) is 12.5 Å². The molecule has 0 saturated carbocycles. The number of pyridine rings is 1. The van der Waals surface area contributed by atoms with E-state index in [1.54, 1.807) is 6.20 Å². The Bertz CT molecular complexity index is 531. The maximum Gasteiger partial charge on any atom is 0.141 e. The van der Waals surface area contributed by atoms with Gasteiger partial charge in [-0.05, 0) is 36.7 Å². The van der Waals surface area contributed by atoms with Crippen molar-refractivity contribution >= 4 is 15.9 Å². The normalized spacial score (nSPS) is 12.4. The van der Waals surface area contributed by atoms with Crippen LogP contribution in [0.2, 0.25) is 0 Å². The van der Waals surface area contributed by atoms with Crippen molar-refractivity contribution in [1.82, 2.24) is 10.3 Å². The van der Waals surface area contributed by atoms with E-state index in [1.165, 1.54) is 17.8 Å². The van der Waals surface area contributed by atoms with E-state index < -0.39 is 0 Å². The van der Waals surface area contributed by atoms with Crippen molar-refractivity contribution in [3.63, 3.8) is 0 Å². The minimum absolute atomic E-state index is 0.0481. The van der Waals surface area contributed by atoms with Gasteiger partial charge >= 0.3 is 0 Å². The fourth-order valence-corrected chi connectivity index (χ4v) is 2.34. The first-order chi connectivity index (χ1) is 8.70. The summed E-state index contributed by atoms with van der Waals surface area (Å²) in [4.78, 5) is 3.89. The van der Waals surface area contributed by atoms with Crippen molar-refractivity contribution in [2.24, 2.45) is 0 Å². The summed E-state index contributed by atoms with van der Waals surface area (Å²) >= 11 is 3.52.